The van der Waals surface area contributed by atoms with E-state index in [-0.39, 0.29) is 22.9 Å². The summed E-state index contributed by atoms with van der Waals surface area (Å²) in [7, 11) is -3.77. The summed E-state index contributed by atoms with van der Waals surface area (Å²) in [6.07, 6.45) is 0.864. The van der Waals surface area contributed by atoms with Gasteiger partial charge in [-0.1, -0.05) is 0 Å². The molecule has 2 rings (SSSR count). The van der Waals surface area contributed by atoms with Crippen molar-refractivity contribution in [1.29, 1.82) is 5.26 Å². The minimum absolute atomic E-state index is 0.0910. The van der Waals surface area contributed by atoms with Crippen LogP contribution in [-0.2, 0) is 10.0 Å². The first-order valence-corrected chi connectivity index (χ1v) is 8.18. The Kier molecular flexibility index (Phi) is 4.61. The van der Waals surface area contributed by atoms with E-state index in [1.807, 2.05) is 0 Å². The van der Waals surface area contributed by atoms with E-state index >= 15 is 0 Å². The van der Waals surface area contributed by atoms with E-state index in [0.29, 0.717) is 13.0 Å². The Morgan fingerprint density at radius 3 is 2.86 bits per heavy atom. The van der Waals surface area contributed by atoms with Crippen LogP contribution in [0.3, 0.4) is 0 Å². The third-order valence-corrected chi connectivity index (χ3v) is 5.66. The summed E-state index contributed by atoms with van der Waals surface area (Å²) in [4.78, 5) is -0.0910. The van der Waals surface area contributed by atoms with Crippen molar-refractivity contribution in [2.45, 2.75) is 30.8 Å². The fourth-order valence-electron chi connectivity index (χ4n) is 2.49. The van der Waals surface area contributed by atoms with Crippen LogP contribution in [0.5, 0.6) is 0 Å². The maximum Gasteiger partial charge on any atom is 0.243 e. The van der Waals surface area contributed by atoms with E-state index in [2.05, 4.69) is 0 Å². The van der Waals surface area contributed by atoms with Crippen LogP contribution in [-0.4, -0.2) is 37.0 Å². The molecule has 0 radical (unpaired) electrons. The van der Waals surface area contributed by atoms with Crippen molar-refractivity contribution in [3.8, 4) is 6.07 Å². The summed E-state index contributed by atoms with van der Waals surface area (Å²) in [6, 6.07) is 4.84. The standard InChI is InChI=1S/C14H17FN2O3S/c1-10(18)11-3-2-6-17(9-11)21(19,20)13-4-5-14(15)12(7-13)8-16/h4-5,7,10-11,18H,2-3,6,9H2,1H3. The first-order chi connectivity index (χ1) is 9.86. The van der Waals surface area contributed by atoms with Crippen LogP contribution in [0, 0.1) is 23.1 Å². The van der Waals surface area contributed by atoms with E-state index in [9.17, 15) is 17.9 Å². The van der Waals surface area contributed by atoms with Gasteiger partial charge in [-0.15, -0.1) is 0 Å². The first-order valence-electron chi connectivity index (χ1n) is 6.74. The molecule has 0 saturated carbocycles. The highest BCUT2D eigenvalue weighted by atomic mass is 32.2. The van der Waals surface area contributed by atoms with Gasteiger partial charge in [0.15, 0.2) is 0 Å². The lowest BCUT2D eigenvalue weighted by atomic mass is 9.95. The number of aliphatic hydroxyl groups excluding tert-OH is 1. The van der Waals surface area contributed by atoms with Crippen molar-refractivity contribution in [3.05, 3.63) is 29.6 Å². The number of nitrogens with zero attached hydrogens (tertiary/aromatic N) is 2. The number of benzene rings is 1. The van der Waals surface area contributed by atoms with Gasteiger partial charge in [0.25, 0.3) is 0 Å². The van der Waals surface area contributed by atoms with E-state index in [1.54, 1.807) is 13.0 Å². The van der Waals surface area contributed by atoms with Gasteiger partial charge in [-0.05, 0) is 43.9 Å². The van der Waals surface area contributed by atoms with Crippen molar-refractivity contribution in [1.82, 2.24) is 4.31 Å². The molecule has 0 spiro atoms. The minimum atomic E-state index is -3.77. The molecule has 2 unspecified atom stereocenters. The average molecular weight is 312 g/mol. The Hall–Kier alpha value is -1.49. The van der Waals surface area contributed by atoms with Gasteiger partial charge in [0.2, 0.25) is 10.0 Å². The monoisotopic (exact) mass is 312 g/mol. The van der Waals surface area contributed by atoms with Gasteiger partial charge in [-0.2, -0.15) is 9.57 Å². The number of piperidine rings is 1. The van der Waals surface area contributed by atoms with Crippen LogP contribution in [0.2, 0.25) is 0 Å². The molecule has 1 aliphatic heterocycles. The molecule has 0 amide bonds. The molecule has 114 valence electrons. The van der Waals surface area contributed by atoms with Crippen LogP contribution in [0.25, 0.3) is 0 Å². The predicted molar refractivity (Wildman–Crippen MR) is 74.3 cm³/mol. The van der Waals surface area contributed by atoms with Crippen LogP contribution in [0.15, 0.2) is 23.1 Å². The highest BCUT2D eigenvalue weighted by molar-refractivity contribution is 7.89. The molecule has 7 heteroatoms. The largest absolute Gasteiger partial charge is 0.393 e. The molecule has 1 aromatic rings. The molecular formula is C14H17FN2O3S. The third kappa shape index (κ3) is 3.23. The molecular weight excluding hydrogens is 295 g/mol. The molecule has 5 nitrogen and oxygen atoms in total. The summed E-state index contributed by atoms with van der Waals surface area (Å²) in [5.74, 6) is -0.846. The SMILES string of the molecule is CC(O)C1CCCN(S(=O)(=O)c2ccc(F)c(C#N)c2)C1. The van der Waals surface area contributed by atoms with Gasteiger partial charge in [0.1, 0.15) is 11.9 Å². The second-order valence-corrected chi connectivity index (χ2v) is 7.20. The lowest BCUT2D eigenvalue weighted by Crippen LogP contribution is -2.42. The van der Waals surface area contributed by atoms with Gasteiger partial charge in [-0.25, -0.2) is 12.8 Å². The number of sulfonamides is 1. The van der Waals surface area contributed by atoms with E-state index < -0.39 is 21.9 Å². The molecule has 1 heterocycles. The summed E-state index contributed by atoms with van der Waals surface area (Å²) >= 11 is 0. The zero-order chi connectivity index (χ0) is 15.6. The molecule has 21 heavy (non-hydrogen) atoms. The molecule has 2 atom stereocenters. The smallest absolute Gasteiger partial charge is 0.243 e. The Balaban J connectivity index is 2.32. The quantitative estimate of drug-likeness (QED) is 0.916. The van der Waals surface area contributed by atoms with Crippen LogP contribution in [0.1, 0.15) is 25.3 Å². The third-order valence-electron chi connectivity index (χ3n) is 3.80. The zero-order valence-corrected chi connectivity index (χ0v) is 12.5. The number of aliphatic hydroxyl groups is 1. The summed E-state index contributed by atoms with van der Waals surface area (Å²) in [5, 5.41) is 18.4. The summed E-state index contributed by atoms with van der Waals surface area (Å²) < 4.78 is 39.7. The first kappa shape index (κ1) is 15.9. The average Bonchev–Trinajstić information content (AvgIpc) is 2.47. The second kappa shape index (κ2) is 6.10. The maximum absolute atomic E-state index is 13.3. The lowest BCUT2D eigenvalue weighted by molar-refractivity contribution is 0.0885. The second-order valence-electron chi connectivity index (χ2n) is 5.26. The normalized spacial score (nSPS) is 21.7. The van der Waals surface area contributed by atoms with Gasteiger partial charge in [0, 0.05) is 13.1 Å². The highest BCUT2D eigenvalue weighted by Crippen LogP contribution is 2.26. The topological polar surface area (TPSA) is 81.4 Å². The van der Waals surface area contributed by atoms with Crippen molar-refractivity contribution < 1.29 is 17.9 Å². The Labute approximate surface area is 123 Å². The van der Waals surface area contributed by atoms with Gasteiger partial charge in [-0.3, -0.25) is 0 Å². The van der Waals surface area contributed by atoms with E-state index in [1.165, 1.54) is 4.31 Å². The lowest BCUT2D eigenvalue weighted by Gasteiger charge is -2.33. The molecule has 1 fully saturated rings. The van der Waals surface area contributed by atoms with Crippen molar-refractivity contribution >= 4 is 10.0 Å². The molecule has 1 aliphatic rings. The Morgan fingerprint density at radius 2 is 2.24 bits per heavy atom. The van der Waals surface area contributed by atoms with Gasteiger partial charge in [0.05, 0.1) is 16.6 Å². The number of rotatable bonds is 3. The number of halogens is 1. The van der Waals surface area contributed by atoms with Crippen molar-refractivity contribution in [3.63, 3.8) is 0 Å². The summed E-state index contributed by atoms with van der Waals surface area (Å²) in [5.41, 5.74) is -0.292. The molecule has 0 aliphatic carbocycles. The van der Waals surface area contributed by atoms with Crippen molar-refractivity contribution in [2.75, 3.05) is 13.1 Å². The van der Waals surface area contributed by atoms with Crippen LogP contribution in [0.4, 0.5) is 4.39 Å². The minimum Gasteiger partial charge on any atom is -0.393 e. The predicted octanol–water partition coefficient (Wildman–Crippen LogP) is 1.48. The molecule has 0 aromatic heterocycles. The molecule has 1 aromatic carbocycles. The maximum atomic E-state index is 13.3. The van der Waals surface area contributed by atoms with Crippen molar-refractivity contribution in [2.24, 2.45) is 5.92 Å². The Bertz CT molecular complexity index is 667. The number of hydrogen-bond acceptors (Lipinski definition) is 4. The van der Waals surface area contributed by atoms with Crippen LogP contribution >= 0.6 is 0 Å². The molecule has 0 bridgehead atoms. The van der Waals surface area contributed by atoms with Gasteiger partial charge >= 0.3 is 0 Å². The molecule has 1 N–H and O–H groups in total. The van der Waals surface area contributed by atoms with E-state index in [0.717, 1.165) is 24.6 Å². The molecule has 1 saturated heterocycles. The zero-order valence-electron chi connectivity index (χ0n) is 11.7. The number of nitriles is 1. The van der Waals surface area contributed by atoms with Crippen LogP contribution < -0.4 is 0 Å². The summed E-state index contributed by atoms with van der Waals surface area (Å²) in [6.45, 7) is 2.25. The fourth-order valence-corrected chi connectivity index (χ4v) is 4.05. The van der Waals surface area contributed by atoms with E-state index in [4.69, 9.17) is 5.26 Å². The number of hydrogen-bond donors (Lipinski definition) is 1. The highest BCUT2D eigenvalue weighted by Gasteiger charge is 2.32. The van der Waals surface area contributed by atoms with Gasteiger partial charge < -0.3 is 5.11 Å². The fraction of sp³-hybridized carbons (Fsp3) is 0.500. The Morgan fingerprint density at radius 1 is 1.52 bits per heavy atom.